The highest BCUT2D eigenvalue weighted by Crippen LogP contribution is 2.23. The second kappa shape index (κ2) is 4.17. The summed E-state index contributed by atoms with van der Waals surface area (Å²) < 4.78 is 29.7. The first-order chi connectivity index (χ1) is 7.96. The third-order valence-corrected chi connectivity index (χ3v) is 2.72. The minimum atomic E-state index is -3.27. The summed E-state index contributed by atoms with van der Waals surface area (Å²) in [6.45, 7) is 1.80. The van der Waals surface area contributed by atoms with Crippen molar-refractivity contribution in [3.63, 3.8) is 0 Å². The first-order valence-electron chi connectivity index (χ1n) is 4.81. The zero-order chi connectivity index (χ0) is 12.5. The number of nitrogens with zero attached hydrogens (tertiary/aromatic N) is 2. The third-order valence-electron chi connectivity index (χ3n) is 2.13. The fourth-order valence-corrected chi connectivity index (χ4v) is 2.04. The van der Waals surface area contributed by atoms with Crippen molar-refractivity contribution in [1.82, 2.24) is 10.2 Å². The van der Waals surface area contributed by atoms with E-state index in [9.17, 15) is 8.42 Å². The maximum absolute atomic E-state index is 11.1. The van der Waals surface area contributed by atoms with Crippen molar-refractivity contribution >= 4 is 15.7 Å². The molecule has 1 aromatic carbocycles. The smallest absolute Gasteiger partial charge is 0.247 e. The molecule has 1 aromatic heterocycles. The van der Waals surface area contributed by atoms with Gasteiger partial charge in [0, 0.05) is 5.56 Å². The zero-order valence-corrected chi connectivity index (χ0v) is 10.2. The van der Waals surface area contributed by atoms with Crippen LogP contribution in [-0.2, 0) is 10.0 Å². The Morgan fingerprint density at radius 1 is 1.35 bits per heavy atom. The van der Waals surface area contributed by atoms with E-state index in [-0.39, 0.29) is 0 Å². The van der Waals surface area contributed by atoms with Gasteiger partial charge in [0.15, 0.2) is 0 Å². The minimum Gasteiger partial charge on any atom is -0.423 e. The molecule has 0 atom stereocenters. The van der Waals surface area contributed by atoms with Crippen LogP contribution in [0.25, 0.3) is 11.5 Å². The van der Waals surface area contributed by atoms with Gasteiger partial charge in [0.05, 0.1) is 11.9 Å². The lowest BCUT2D eigenvalue weighted by Crippen LogP contribution is -2.10. The molecule has 0 unspecified atom stereocenters. The number of nitrogens with one attached hydrogen (secondary N) is 1. The van der Waals surface area contributed by atoms with Crippen molar-refractivity contribution in [3.05, 3.63) is 30.2 Å². The molecule has 0 aliphatic rings. The van der Waals surface area contributed by atoms with Crippen molar-refractivity contribution in [3.8, 4) is 11.5 Å². The maximum atomic E-state index is 11.1. The number of anilines is 1. The van der Waals surface area contributed by atoms with Crippen LogP contribution in [0.3, 0.4) is 0 Å². The van der Waals surface area contributed by atoms with Gasteiger partial charge in [-0.2, -0.15) is 0 Å². The van der Waals surface area contributed by atoms with Gasteiger partial charge in [0.25, 0.3) is 0 Å². The first kappa shape index (κ1) is 11.6. The predicted molar refractivity (Wildman–Crippen MR) is 62.9 cm³/mol. The van der Waals surface area contributed by atoms with Gasteiger partial charge < -0.3 is 4.42 Å². The number of aromatic nitrogens is 2. The van der Waals surface area contributed by atoms with E-state index in [2.05, 4.69) is 14.9 Å². The number of sulfonamides is 1. The highest BCUT2D eigenvalue weighted by molar-refractivity contribution is 7.92. The fourth-order valence-electron chi connectivity index (χ4n) is 1.41. The Morgan fingerprint density at radius 3 is 2.65 bits per heavy atom. The van der Waals surface area contributed by atoms with Crippen molar-refractivity contribution in [2.45, 2.75) is 6.92 Å². The lowest BCUT2D eigenvalue weighted by Gasteiger charge is -2.08. The van der Waals surface area contributed by atoms with E-state index in [1.165, 1.54) is 6.39 Å². The van der Waals surface area contributed by atoms with Crippen LogP contribution in [0, 0.1) is 6.92 Å². The molecule has 0 aliphatic carbocycles. The Hall–Kier alpha value is -1.89. The van der Waals surface area contributed by atoms with E-state index >= 15 is 0 Å². The van der Waals surface area contributed by atoms with Gasteiger partial charge in [-0.3, -0.25) is 4.72 Å². The van der Waals surface area contributed by atoms with Gasteiger partial charge in [-0.25, -0.2) is 8.42 Å². The van der Waals surface area contributed by atoms with Crippen LogP contribution >= 0.6 is 0 Å². The van der Waals surface area contributed by atoms with E-state index in [4.69, 9.17) is 4.42 Å². The molecular formula is C10H11N3O3S. The summed E-state index contributed by atoms with van der Waals surface area (Å²) >= 11 is 0. The fraction of sp³-hybridized carbons (Fsp3) is 0.200. The molecule has 6 nitrogen and oxygen atoms in total. The zero-order valence-electron chi connectivity index (χ0n) is 9.34. The van der Waals surface area contributed by atoms with Crippen molar-refractivity contribution in [1.29, 1.82) is 0 Å². The Morgan fingerprint density at radius 2 is 2.12 bits per heavy atom. The summed E-state index contributed by atoms with van der Waals surface area (Å²) in [5.74, 6) is 0.402. The number of aryl methyl sites for hydroxylation is 1. The molecule has 90 valence electrons. The quantitative estimate of drug-likeness (QED) is 0.894. The molecule has 17 heavy (non-hydrogen) atoms. The molecule has 0 amide bonds. The molecule has 0 aliphatic heterocycles. The predicted octanol–water partition coefficient (Wildman–Crippen LogP) is 1.42. The van der Waals surface area contributed by atoms with Gasteiger partial charge in [-0.1, -0.05) is 0 Å². The Bertz CT molecular complexity index is 620. The Labute approximate surface area is 98.7 Å². The molecule has 0 spiro atoms. The topological polar surface area (TPSA) is 85.1 Å². The summed E-state index contributed by atoms with van der Waals surface area (Å²) in [5.41, 5.74) is 2.07. The van der Waals surface area contributed by atoms with E-state index in [1.54, 1.807) is 25.1 Å². The number of hydrogen-bond donors (Lipinski definition) is 1. The largest absolute Gasteiger partial charge is 0.423 e. The van der Waals surface area contributed by atoms with Gasteiger partial charge in [-0.15, -0.1) is 10.2 Å². The van der Waals surface area contributed by atoms with Crippen LogP contribution in [0.5, 0.6) is 0 Å². The number of hydrogen-bond acceptors (Lipinski definition) is 5. The van der Waals surface area contributed by atoms with Gasteiger partial charge in [-0.05, 0) is 30.7 Å². The van der Waals surface area contributed by atoms with Crippen LogP contribution in [0.15, 0.2) is 29.0 Å². The second-order valence-electron chi connectivity index (χ2n) is 3.65. The summed E-state index contributed by atoms with van der Waals surface area (Å²) in [7, 11) is -3.27. The average Bonchev–Trinajstić information content (AvgIpc) is 2.72. The Balaban J connectivity index is 2.36. The van der Waals surface area contributed by atoms with Gasteiger partial charge >= 0.3 is 0 Å². The molecule has 0 fully saturated rings. The minimum absolute atomic E-state index is 0.402. The van der Waals surface area contributed by atoms with Crippen LogP contribution in [-0.4, -0.2) is 24.9 Å². The normalized spacial score (nSPS) is 11.4. The lowest BCUT2D eigenvalue weighted by atomic mass is 10.1. The summed E-state index contributed by atoms with van der Waals surface area (Å²) in [4.78, 5) is 0. The highest BCUT2D eigenvalue weighted by Gasteiger charge is 2.08. The Kier molecular flexibility index (Phi) is 2.84. The van der Waals surface area contributed by atoms with E-state index < -0.39 is 10.0 Å². The molecule has 1 heterocycles. The number of rotatable bonds is 3. The summed E-state index contributed by atoms with van der Waals surface area (Å²) in [6.07, 6.45) is 2.35. The second-order valence-corrected chi connectivity index (χ2v) is 5.40. The SMILES string of the molecule is Cc1cc(-c2nnco2)ccc1NS(C)(=O)=O. The van der Waals surface area contributed by atoms with E-state index in [1.807, 2.05) is 0 Å². The molecule has 0 saturated heterocycles. The summed E-state index contributed by atoms with van der Waals surface area (Å²) in [6, 6.07) is 5.16. The van der Waals surface area contributed by atoms with Gasteiger partial charge in [0.1, 0.15) is 0 Å². The summed E-state index contributed by atoms with van der Waals surface area (Å²) in [5, 5.41) is 7.36. The van der Waals surface area contributed by atoms with E-state index in [0.717, 1.165) is 17.4 Å². The van der Waals surface area contributed by atoms with Crippen LogP contribution in [0.4, 0.5) is 5.69 Å². The third kappa shape index (κ3) is 2.82. The molecule has 2 aromatic rings. The number of benzene rings is 1. The maximum Gasteiger partial charge on any atom is 0.247 e. The molecule has 2 rings (SSSR count). The van der Waals surface area contributed by atoms with Crippen molar-refractivity contribution in [2.75, 3.05) is 11.0 Å². The molecule has 0 bridgehead atoms. The molecule has 0 radical (unpaired) electrons. The van der Waals surface area contributed by atoms with E-state index in [0.29, 0.717) is 11.6 Å². The van der Waals surface area contributed by atoms with Crippen molar-refractivity contribution in [2.24, 2.45) is 0 Å². The molecule has 7 heteroatoms. The standard InChI is InChI=1S/C10H11N3O3S/c1-7-5-8(10-12-11-6-16-10)3-4-9(7)13-17(2,14)15/h3-6,13H,1-2H3. The van der Waals surface area contributed by atoms with Crippen LogP contribution < -0.4 is 4.72 Å². The molecular weight excluding hydrogens is 242 g/mol. The van der Waals surface area contributed by atoms with Crippen molar-refractivity contribution < 1.29 is 12.8 Å². The first-order valence-corrected chi connectivity index (χ1v) is 6.70. The monoisotopic (exact) mass is 253 g/mol. The highest BCUT2D eigenvalue weighted by atomic mass is 32.2. The average molecular weight is 253 g/mol. The molecule has 1 N–H and O–H groups in total. The molecule has 0 saturated carbocycles. The van der Waals surface area contributed by atoms with Crippen LogP contribution in [0.2, 0.25) is 0 Å². The van der Waals surface area contributed by atoms with Crippen LogP contribution in [0.1, 0.15) is 5.56 Å². The lowest BCUT2D eigenvalue weighted by molar-refractivity contribution is 0.568. The van der Waals surface area contributed by atoms with Gasteiger partial charge in [0.2, 0.25) is 22.3 Å².